The Bertz CT molecular complexity index is 883. The summed E-state index contributed by atoms with van der Waals surface area (Å²) in [5.41, 5.74) is 1.02. The van der Waals surface area contributed by atoms with E-state index in [0.29, 0.717) is 21.6 Å². The van der Waals surface area contributed by atoms with E-state index in [-0.39, 0.29) is 12.4 Å². The van der Waals surface area contributed by atoms with Crippen molar-refractivity contribution in [3.05, 3.63) is 54.0 Å². The standard InChI is InChI=1S/C16H13F2N3O2S/c1-24-14-10(5-4-8-19-14)15(22)23-9-13-20-11-6-2-3-7-12(11)21(13)16(17)18/h2-8,16H,9H2,1H3. The van der Waals surface area contributed by atoms with Gasteiger partial charge in [-0.2, -0.15) is 8.78 Å². The van der Waals surface area contributed by atoms with Crippen LogP contribution < -0.4 is 0 Å². The van der Waals surface area contributed by atoms with Crippen LogP contribution in [-0.2, 0) is 11.3 Å². The largest absolute Gasteiger partial charge is 0.454 e. The number of benzene rings is 1. The summed E-state index contributed by atoms with van der Waals surface area (Å²) in [6.45, 7) is -3.12. The first-order valence-corrected chi connectivity index (χ1v) is 8.24. The molecule has 0 saturated heterocycles. The zero-order valence-electron chi connectivity index (χ0n) is 12.6. The molecule has 0 fully saturated rings. The van der Waals surface area contributed by atoms with Gasteiger partial charge < -0.3 is 4.74 Å². The first kappa shape index (κ1) is 16.4. The average molecular weight is 349 g/mol. The third-order valence-corrected chi connectivity index (χ3v) is 4.09. The van der Waals surface area contributed by atoms with Crippen LogP contribution in [0.25, 0.3) is 11.0 Å². The number of hydrogen-bond acceptors (Lipinski definition) is 5. The third-order valence-electron chi connectivity index (χ3n) is 3.38. The minimum atomic E-state index is -2.77. The first-order valence-electron chi connectivity index (χ1n) is 7.02. The highest BCUT2D eigenvalue weighted by Crippen LogP contribution is 2.24. The molecule has 0 atom stereocenters. The Kier molecular flexibility index (Phi) is 4.75. The predicted octanol–water partition coefficient (Wildman–Crippen LogP) is 3.91. The lowest BCUT2D eigenvalue weighted by Gasteiger charge is -2.09. The van der Waals surface area contributed by atoms with Crippen molar-refractivity contribution in [2.75, 3.05) is 6.26 Å². The molecular weight excluding hydrogens is 336 g/mol. The van der Waals surface area contributed by atoms with Crippen LogP contribution in [0.4, 0.5) is 8.78 Å². The number of halogens is 2. The predicted molar refractivity (Wildman–Crippen MR) is 86.1 cm³/mol. The van der Waals surface area contributed by atoms with Gasteiger partial charge in [-0.25, -0.2) is 14.8 Å². The van der Waals surface area contributed by atoms with Crippen molar-refractivity contribution >= 4 is 28.8 Å². The van der Waals surface area contributed by atoms with Gasteiger partial charge in [0.1, 0.15) is 11.6 Å². The van der Waals surface area contributed by atoms with E-state index in [1.807, 2.05) is 0 Å². The quantitative estimate of drug-likeness (QED) is 0.516. The molecule has 0 aliphatic rings. The van der Waals surface area contributed by atoms with E-state index < -0.39 is 12.5 Å². The number of fused-ring (bicyclic) bond motifs is 1. The molecule has 8 heteroatoms. The molecule has 2 aromatic heterocycles. The Morgan fingerprint density at radius 1 is 1.29 bits per heavy atom. The van der Waals surface area contributed by atoms with Crippen LogP contribution in [0.5, 0.6) is 0 Å². The summed E-state index contributed by atoms with van der Waals surface area (Å²) in [6, 6.07) is 9.74. The van der Waals surface area contributed by atoms with E-state index in [1.165, 1.54) is 11.8 Å². The second kappa shape index (κ2) is 6.96. The van der Waals surface area contributed by atoms with Crippen LogP contribution in [0, 0.1) is 0 Å². The molecule has 2 heterocycles. The van der Waals surface area contributed by atoms with Crippen molar-refractivity contribution in [1.29, 1.82) is 0 Å². The third kappa shape index (κ3) is 3.09. The number of ether oxygens (including phenoxy) is 1. The molecule has 24 heavy (non-hydrogen) atoms. The summed E-state index contributed by atoms with van der Waals surface area (Å²) in [4.78, 5) is 20.4. The lowest BCUT2D eigenvalue weighted by molar-refractivity contribution is 0.0383. The first-order chi connectivity index (χ1) is 11.6. The fourth-order valence-corrected chi connectivity index (χ4v) is 2.87. The van der Waals surface area contributed by atoms with E-state index in [0.717, 1.165) is 4.57 Å². The van der Waals surface area contributed by atoms with Gasteiger partial charge in [-0.3, -0.25) is 4.57 Å². The lowest BCUT2D eigenvalue weighted by atomic mass is 10.3. The van der Waals surface area contributed by atoms with Crippen molar-refractivity contribution < 1.29 is 18.3 Å². The number of alkyl halides is 2. The van der Waals surface area contributed by atoms with Crippen molar-refractivity contribution in [3.63, 3.8) is 0 Å². The molecule has 1 aromatic carbocycles. The average Bonchev–Trinajstić information content (AvgIpc) is 2.98. The summed E-state index contributed by atoms with van der Waals surface area (Å²) >= 11 is 1.30. The van der Waals surface area contributed by atoms with Gasteiger partial charge in [0, 0.05) is 6.20 Å². The fraction of sp³-hybridized carbons (Fsp3) is 0.188. The van der Waals surface area contributed by atoms with E-state index in [1.54, 1.807) is 48.9 Å². The minimum Gasteiger partial charge on any atom is -0.454 e. The zero-order chi connectivity index (χ0) is 17.1. The van der Waals surface area contributed by atoms with Crippen LogP contribution in [-0.4, -0.2) is 26.8 Å². The van der Waals surface area contributed by atoms with Gasteiger partial charge in [-0.1, -0.05) is 12.1 Å². The maximum atomic E-state index is 13.3. The second-order valence-electron chi connectivity index (χ2n) is 4.80. The number of carbonyl (C=O) groups is 1. The summed E-state index contributed by atoms with van der Waals surface area (Å²) in [7, 11) is 0. The van der Waals surface area contributed by atoms with E-state index in [4.69, 9.17) is 4.74 Å². The number of imidazole rings is 1. The van der Waals surface area contributed by atoms with Crippen LogP contribution in [0.2, 0.25) is 0 Å². The Morgan fingerprint density at radius 3 is 2.83 bits per heavy atom. The van der Waals surface area contributed by atoms with Gasteiger partial charge in [0.2, 0.25) is 0 Å². The molecule has 5 nitrogen and oxygen atoms in total. The van der Waals surface area contributed by atoms with Gasteiger partial charge >= 0.3 is 12.5 Å². The molecule has 0 radical (unpaired) electrons. The van der Waals surface area contributed by atoms with Crippen molar-refractivity contribution in [3.8, 4) is 0 Å². The summed E-state index contributed by atoms with van der Waals surface area (Å²) in [5, 5.41) is 0.518. The van der Waals surface area contributed by atoms with E-state index in [9.17, 15) is 13.6 Å². The number of nitrogens with zero attached hydrogens (tertiary/aromatic N) is 3. The number of thioether (sulfide) groups is 1. The highest BCUT2D eigenvalue weighted by atomic mass is 32.2. The fourth-order valence-electron chi connectivity index (χ4n) is 2.33. The smallest absolute Gasteiger partial charge is 0.341 e. The Labute approximate surface area is 140 Å². The Hall–Kier alpha value is -2.48. The molecule has 0 aliphatic carbocycles. The Morgan fingerprint density at radius 2 is 2.08 bits per heavy atom. The molecule has 0 saturated carbocycles. The SMILES string of the molecule is CSc1ncccc1C(=O)OCc1nc2ccccc2n1C(F)F. The summed E-state index contributed by atoms with van der Waals surface area (Å²) < 4.78 is 32.6. The number of aromatic nitrogens is 3. The number of hydrogen-bond donors (Lipinski definition) is 0. The van der Waals surface area contributed by atoms with Crippen molar-refractivity contribution in [2.45, 2.75) is 18.2 Å². The van der Waals surface area contributed by atoms with Crippen molar-refractivity contribution in [1.82, 2.24) is 14.5 Å². The van der Waals surface area contributed by atoms with Gasteiger partial charge in [0.05, 0.1) is 16.6 Å². The molecular formula is C16H13F2N3O2S. The van der Waals surface area contributed by atoms with Crippen molar-refractivity contribution in [2.24, 2.45) is 0 Å². The minimum absolute atomic E-state index is 0.00542. The maximum Gasteiger partial charge on any atom is 0.341 e. The number of para-hydroxylation sites is 2. The van der Waals surface area contributed by atoms with Crippen LogP contribution in [0.3, 0.4) is 0 Å². The molecule has 3 rings (SSSR count). The number of pyridine rings is 1. The normalized spacial score (nSPS) is 11.2. The van der Waals surface area contributed by atoms with Crippen LogP contribution >= 0.6 is 11.8 Å². The number of carbonyl (C=O) groups excluding carboxylic acids is 1. The van der Waals surface area contributed by atoms with Crippen LogP contribution in [0.1, 0.15) is 22.7 Å². The van der Waals surface area contributed by atoms with Gasteiger partial charge in [0.15, 0.2) is 5.82 Å². The molecule has 3 aromatic rings. The molecule has 0 spiro atoms. The Balaban J connectivity index is 1.85. The molecule has 124 valence electrons. The number of esters is 1. The summed E-state index contributed by atoms with van der Waals surface area (Å²) in [5.74, 6) is -0.630. The summed E-state index contributed by atoms with van der Waals surface area (Å²) in [6.07, 6.45) is 3.36. The molecule has 0 N–H and O–H groups in total. The van der Waals surface area contributed by atoms with Gasteiger partial charge in [-0.15, -0.1) is 11.8 Å². The zero-order valence-corrected chi connectivity index (χ0v) is 13.5. The van der Waals surface area contributed by atoms with E-state index >= 15 is 0 Å². The number of rotatable bonds is 5. The van der Waals surface area contributed by atoms with Gasteiger partial charge in [-0.05, 0) is 30.5 Å². The lowest BCUT2D eigenvalue weighted by Crippen LogP contribution is -2.11. The highest BCUT2D eigenvalue weighted by Gasteiger charge is 2.20. The van der Waals surface area contributed by atoms with E-state index in [2.05, 4.69) is 9.97 Å². The van der Waals surface area contributed by atoms with Crippen LogP contribution in [0.15, 0.2) is 47.6 Å². The molecule has 0 unspecified atom stereocenters. The molecule has 0 bridgehead atoms. The molecule has 0 aliphatic heterocycles. The molecule has 0 amide bonds. The van der Waals surface area contributed by atoms with Gasteiger partial charge in [0.25, 0.3) is 0 Å². The monoisotopic (exact) mass is 349 g/mol. The second-order valence-corrected chi connectivity index (χ2v) is 5.60. The topological polar surface area (TPSA) is 57.0 Å². The maximum absolute atomic E-state index is 13.3. The highest BCUT2D eigenvalue weighted by molar-refractivity contribution is 7.98.